The highest BCUT2D eigenvalue weighted by Crippen LogP contribution is 2.17. The summed E-state index contributed by atoms with van der Waals surface area (Å²) in [6.45, 7) is 1.81. The summed E-state index contributed by atoms with van der Waals surface area (Å²) in [6, 6.07) is 15.3. The monoisotopic (exact) mass is 368 g/mol. The maximum Gasteiger partial charge on any atom is 0.365 e. The molecule has 1 heterocycles. The van der Waals surface area contributed by atoms with Gasteiger partial charge >= 0.3 is 5.69 Å². The van der Waals surface area contributed by atoms with Crippen LogP contribution in [0.15, 0.2) is 65.6 Å². The van der Waals surface area contributed by atoms with Gasteiger partial charge in [-0.1, -0.05) is 48.9 Å². The van der Waals surface area contributed by atoms with E-state index < -0.39 is 11.7 Å². The van der Waals surface area contributed by atoms with Crippen molar-refractivity contribution in [3.05, 3.63) is 76.3 Å². The van der Waals surface area contributed by atoms with Gasteiger partial charge in [-0.15, -0.1) is 0 Å². The van der Waals surface area contributed by atoms with E-state index in [1.54, 1.807) is 24.3 Å². The van der Waals surface area contributed by atoms with Crippen LogP contribution in [0.4, 0.5) is 5.69 Å². The van der Waals surface area contributed by atoms with Gasteiger partial charge in [-0.2, -0.15) is 10.1 Å². The number of amides is 1. The van der Waals surface area contributed by atoms with Gasteiger partial charge in [0.2, 0.25) is 5.91 Å². The Balaban J connectivity index is 1.84. The van der Waals surface area contributed by atoms with E-state index >= 15 is 0 Å². The predicted molar refractivity (Wildman–Crippen MR) is 101 cm³/mol. The molecule has 0 aliphatic carbocycles. The van der Waals surface area contributed by atoms with Gasteiger partial charge in [0.05, 0.1) is 11.9 Å². The second kappa shape index (κ2) is 7.93. The van der Waals surface area contributed by atoms with Crippen LogP contribution in [0.1, 0.15) is 19.4 Å². The Morgan fingerprint density at radius 3 is 2.46 bits per heavy atom. The van der Waals surface area contributed by atoms with Gasteiger partial charge in [0.25, 0.3) is 0 Å². The van der Waals surface area contributed by atoms with Crippen molar-refractivity contribution in [3.8, 4) is 11.3 Å². The van der Waals surface area contributed by atoms with Crippen molar-refractivity contribution in [2.75, 3.05) is 5.32 Å². The molecule has 3 rings (SSSR count). The lowest BCUT2D eigenvalue weighted by atomic mass is 10.2. The van der Waals surface area contributed by atoms with Crippen molar-refractivity contribution in [2.45, 2.75) is 19.4 Å². The van der Waals surface area contributed by atoms with Gasteiger partial charge in [-0.3, -0.25) is 4.79 Å². The molecule has 6 nitrogen and oxygen atoms in total. The Morgan fingerprint density at radius 2 is 1.85 bits per heavy atom. The zero-order valence-electron chi connectivity index (χ0n) is 14.1. The van der Waals surface area contributed by atoms with E-state index in [1.807, 2.05) is 37.3 Å². The van der Waals surface area contributed by atoms with Crippen molar-refractivity contribution in [1.29, 1.82) is 0 Å². The normalized spacial score (nSPS) is 11.8. The number of benzene rings is 2. The van der Waals surface area contributed by atoms with E-state index in [9.17, 15) is 9.59 Å². The average molecular weight is 369 g/mol. The molecule has 0 fully saturated rings. The van der Waals surface area contributed by atoms with E-state index in [2.05, 4.69) is 15.4 Å². The minimum Gasteiger partial charge on any atom is -0.324 e. The summed E-state index contributed by atoms with van der Waals surface area (Å²) in [7, 11) is 0. The molecule has 0 saturated heterocycles. The average Bonchev–Trinajstić information content (AvgIpc) is 2.66. The third-order valence-electron chi connectivity index (χ3n) is 3.88. The molecule has 7 heteroatoms. The molecule has 132 valence electrons. The Hall–Kier alpha value is -2.99. The van der Waals surface area contributed by atoms with E-state index in [-0.39, 0.29) is 5.91 Å². The first-order valence-electron chi connectivity index (χ1n) is 8.16. The zero-order chi connectivity index (χ0) is 18.5. The largest absolute Gasteiger partial charge is 0.365 e. The maximum absolute atomic E-state index is 12.6. The van der Waals surface area contributed by atoms with Gasteiger partial charge in [-0.25, -0.2) is 9.48 Å². The third-order valence-corrected chi connectivity index (χ3v) is 4.13. The minimum absolute atomic E-state index is 0.335. The van der Waals surface area contributed by atoms with Crippen LogP contribution in [0, 0.1) is 0 Å². The molecule has 0 radical (unpaired) electrons. The Labute approximate surface area is 155 Å². The quantitative estimate of drug-likeness (QED) is 0.747. The Morgan fingerprint density at radius 1 is 1.15 bits per heavy atom. The molecule has 1 N–H and O–H groups in total. The first-order valence-corrected chi connectivity index (χ1v) is 8.54. The first kappa shape index (κ1) is 17.8. The van der Waals surface area contributed by atoms with Crippen LogP contribution in [0.5, 0.6) is 0 Å². The van der Waals surface area contributed by atoms with E-state index in [0.717, 1.165) is 10.2 Å². The van der Waals surface area contributed by atoms with E-state index in [0.29, 0.717) is 22.8 Å². The maximum atomic E-state index is 12.6. The number of halogens is 1. The number of hydrogen-bond donors (Lipinski definition) is 1. The Bertz CT molecular complexity index is 955. The van der Waals surface area contributed by atoms with Crippen LogP contribution < -0.4 is 11.0 Å². The van der Waals surface area contributed by atoms with Gasteiger partial charge in [0, 0.05) is 16.3 Å². The van der Waals surface area contributed by atoms with Gasteiger partial charge in [0.15, 0.2) is 0 Å². The fraction of sp³-hybridized carbons (Fsp3) is 0.158. The smallest absolute Gasteiger partial charge is 0.324 e. The van der Waals surface area contributed by atoms with E-state index in [1.165, 1.54) is 6.20 Å². The van der Waals surface area contributed by atoms with Crippen LogP contribution in [0.25, 0.3) is 11.3 Å². The topological polar surface area (TPSA) is 76.9 Å². The highest BCUT2D eigenvalue weighted by atomic mass is 35.5. The summed E-state index contributed by atoms with van der Waals surface area (Å²) in [5.74, 6) is -0.335. The lowest BCUT2D eigenvalue weighted by Gasteiger charge is -2.16. The zero-order valence-corrected chi connectivity index (χ0v) is 14.8. The van der Waals surface area contributed by atoms with Gasteiger partial charge in [0.1, 0.15) is 6.04 Å². The highest BCUT2D eigenvalue weighted by Gasteiger charge is 2.21. The summed E-state index contributed by atoms with van der Waals surface area (Å²) in [5, 5.41) is 7.51. The Kier molecular flexibility index (Phi) is 5.43. The predicted octanol–water partition coefficient (Wildman–Crippen LogP) is 3.55. The number of rotatable bonds is 5. The van der Waals surface area contributed by atoms with Crippen LogP contribution in [-0.4, -0.2) is 20.7 Å². The van der Waals surface area contributed by atoms with Gasteiger partial charge < -0.3 is 5.32 Å². The molecular weight excluding hydrogens is 352 g/mol. The van der Waals surface area contributed by atoms with Gasteiger partial charge in [-0.05, 0) is 30.7 Å². The molecule has 1 amide bonds. The lowest BCUT2D eigenvalue weighted by molar-refractivity contribution is -0.119. The van der Waals surface area contributed by atoms with Crippen molar-refractivity contribution in [3.63, 3.8) is 0 Å². The van der Waals surface area contributed by atoms with Crippen LogP contribution >= 0.6 is 11.6 Å². The molecule has 26 heavy (non-hydrogen) atoms. The number of carbonyl (C=O) groups is 1. The molecule has 3 aromatic rings. The molecule has 1 unspecified atom stereocenters. The third kappa shape index (κ3) is 3.97. The number of carbonyl (C=O) groups excluding carboxylic acids is 1. The molecule has 1 aromatic heterocycles. The fourth-order valence-corrected chi connectivity index (χ4v) is 2.67. The molecule has 0 aliphatic heterocycles. The summed E-state index contributed by atoms with van der Waals surface area (Å²) in [5.41, 5.74) is 1.30. The molecule has 1 atom stereocenters. The van der Waals surface area contributed by atoms with Crippen molar-refractivity contribution in [1.82, 2.24) is 14.8 Å². The first-order chi connectivity index (χ1) is 12.6. The second-order valence-electron chi connectivity index (χ2n) is 5.65. The molecule has 0 spiro atoms. The van der Waals surface area contributed by atoms with Crippen molar-refractivity contribution >= 4 is 23.2 Å². The highest BCUT2D eigenvalue weighted by molar-refractivity contribution is 6.30. The lowest BCUT2D eigenvalue weighted by Crippen LogP contribution is -2.36. The molecule has 0 aliphatic rings. The van der Waals surface area contributed by atoms with Crippen molar-refractivity contribution in [2.24, 2.45) is 0 Å². The summed E-state index contributed by atoms with van der Waals surface area (Å²) in [4.78, 5) is 29.0. The number of anilines is 1. The minimum atomic E-state index is -0.754. The summed E-state index contributed by atoms with van der Waals surface area (Å²) in [6.07, 6.45) is 1.90. The number of aromatic nitrogens is 3. The standard InChI is InChI=1S/C19H17ClN4O2/c1-2-17(18(25)22-15-10-8-14(20)9-11-15)24-19(26)23-16(12-21-24)13-6-4-3-5-7-13/h3-12,17H,2H2,1H3,(H,22,25). The number of nitrogens with one attached hydrogen (secondary N) is 1. The van der Waals surface area contributed by atoms with Crippen LogP contribution in [-0.2, 0) is 4.79 Å². The van der Waals surface area contributed by atoms with E-state index in [4.69, 9.17) is 11.6 Å². The molecule has 2 aromatic carbocycles. The molecule has 0 saturated carbocycles. The van der Waals surface area contributed by atoms with Crippen molar-refractivity contribution < 1.29 is 4.79 Å². The SMILES string of the molecule is CCC(C(=O)Nc1ccc(Cl)cc1)n1ncc(-c2ccccc2)nc1=O. The van der Waals surface area contributed by atoms with Crippen LogP contribution in [0.2, 0.25) is 5.02 Å². The second-order valence-corrected chi connectivity index (χ2v) is 6.09. The summed E-state index contributed by atoms with van der Waals surface area (Å²) < 4.78 is 1.11. The summed E-state index contributed by atoms with van der Waals surface area (Å²) >= 11 is 5.84. The number of nitrogens with zero attached hydrogens (tertiary/aromatic N) is 3. The number of hydrogen-bond acceptors (Lipinski definition) is 4. The molecule has 0 bridgehead atoms. The fourth-order valence-electron chi connectivity index (χ4n) is 2.54. The van der Waals surface area contributed by atoms with Crippen LogP contribution in [0.3, 0.4) is 0 Å². The molecular formula is C19H17ClN4O2.